The molecule has 2 rings (SSSR count). The van der Waals surface area contributed by atoms with Crippen molar-refractivity contribution in [3.63, 3.8) is 0 Å². The van der Waals surface area contributed by atoms with Gasteiger partial charge >= 0.3 is 0 Å². The second kappa shape index (κ2) is 9.01. The first kappa shape index (κ1) is 18.7. The minimum absolute atomic E-state index is 0.0482. The molecule has 2 amide bonds. The molecule has 0 aliphatic rings. The van der Waals surface area contributed by atoms with Gasteiger partial charge in [0, 0.05) is 13.1 Å². The first-order valence-corrected chi connectivity index (χ1v) is 8.29. The van der Waals surface area contributed by atoms with E-state index in [1.807, 2.05) is 0 Å². The fourth-order valence-electron chi connectivity index (χ4n) is 2.25. The van der Waals surface area contributed by atoms with E-state index in [-0.39, 0.29) is 36.5 Å². The van der Waals surface area contributed by atoms with Crippen LogP contribution in [0.3, 0.4) is 0 Å². The van der Waals surface area contributed by atoms with Crippen molar-refractivity contribution in [2.75, 3.05) is 13.1 Å². The highest BCUT2D eigenvalue weighted by Gasteiger charge is 2.21. The molecule has 134 valence electrons. The van der Waals surface area contributed by atoms with Crippen molar-refractivity contribution in [2.45, 2.75) is 26.8 Å². The molecule has 1 aromatic heterocycles. The quantitative estimate of drug-likeness (QED) is 0.798. The molecule has 2 aromatic rings. The van der Waals surface area contributed by atoms with Gasteiger partial charge < -0.3 is 14.6 Å². The summed E-state index contributed by atoms with van der Waals surface area (Å²) in [6.07, 6.45) is 2.22. The van der Waals surface area contributed by atoms with Gasteiger partial charge in [0.25, 0.3) is 5.91 Å². The third-order valence-corrected chi connectivity index (χ3v) is 3.73. The zero-order chi connectivity index (χ0) is 18.2. The number of carbonyl (C=O) groups is 2. The predicted molar refractivity (Wildman–Crippen MR) is 92.3 cm³/mol. The van der Waals surface area contributed by atoms with E-state index < -0.39 is 0 Å². The van der Waals surface area contributed by atoms with Gasteiger partial charge in [-0.2, -0.15) is 0 Å². The third-order valence-electron chi connectivity index (χ3n) is 3.73. The van der Waals surface area contributed by atoms with Crippen molar-refractivity contribution in [3.8, 4) is 0 Å². The minimum Gasteiger partial charge on any atom is -0.459 e. The summed E-state index contributed by atoms with van der Waals surface area (Å²) in [5.41, 5.74) is 0.792. The molecule has 1 N–H and O–H groups in total. The van der Waals surface area contributed by atoms with E-state index >= 15 is 0 Å². The van der Waals surface area contributed by atoms with Gasteiger partial charge in [0.05, 0.1) is 12.8 Å². The molecule has 5 nitrogen and oxygen atoms in total. The van der Waals surface area contributed by atoms with Crippen LogP contribution in [0.5, 0.6) is 0 Å². The topological polar surface area (TPSA) is 62.6 Å². The summed E-state index contributed by atoms with van der Waals surface area (Å²) in [6, 6.07) is 9.14. The highest BCUT2D eigenvalue weighted by molar-refractivity contribution is 5.94. The second-order valence-electron chi connectivity index (χ2n) is 6.29. The molecule has 0 aliphatic heterocycles. The molecule has 0 saturated carbocycles. The van der Waals surface area contributed by atoms with E-state index in [2.05, 4.69) is 19.2 Å². The van der Waals surface area contributed by atoms with Gasteiger partial charge in [-0.05, 0) is 42.2 Å². The summed E-state index contributed by atoms with van der Waals surface area (Å²) in [5.74, 6) is -0.265. The third kappa shape index (κ3) is 6.06. The summed E-state index contributed by atoms with van der Waals surface area (Å²) in [4.78, 5) is 26.2. The molecule has 0 radical (unpaired) electrons. The van der Waals surface area contributed by atoms with Crippen molar-refractivity contribution < 1.29 is 18.4 Å². The van der Waals surface area contributed by atoms with E-state index in [4.69, 9.17) is 4.42 Å². The van der Waals surface area contributed by atoms with Crippen LogP contribution >= 0.6 is 0 Å². The molecule has 0 spiro atoms. The number of hydrogen-bond donors (Lipinski definition) is 1. The number of hydrogen-bond acceptors (Lipinski definition) is 3. The van der Waals surface area contributed by atoms with Crippen LogP contribution in [0, 0.1) is 11.7 Å². The molecule has 0 bridgehead atoms. The highest BCUT2D eigenvalue weighted by Crippen LogP contribution is 2.09. The van der Waals surface area contributed by atoms with Crippen LogP contribution in [0.4, 0.5) is 4.39 Å². The van der Waals surface area contributed by atoms with Crippen LogP contribution in [-0.4, -0.2) is 29.8 Å². The van der Waals surface area contributed by atoms with Crippen LogP contribution in [0.2, 0.25) is 0 Å². The van der Waals surface area contributed by atoms with Crippen molar-refractivity contribution in [2.24, 2.45) is 5.92 Å². The number of amides is 2. The predicted octanol–water partition coefficient (Wildman–Crippen LogP) is 3.22. The number of halogens is 1. The van der Waals surface area contributed by atoms with Crippen molar-refractivity contribution in [3.05, 3.63) is 59.8 Å². The average molecular weight is 346 g/mol. The largest absolute Gasteiger partial charge is 0.459 e. The molecule has 0 unspecified atom stereocenters. The smallest absolute Gasteiger partial charge is 0.290 e. The van der Waals surface area contributed by atoms with E-state index in [0.29, 0.717) is 12.5 Å². The van der Waals surface area contributed by atoms with Crippen LogP contribution < -0.4 is 5.32 Å². The Bertz CT molecular complexity index is 681. The Hall–Kier alpha value is -2.63. The molecule has 0 fully saturated rings. The SMILES string of the molecule is CC(C)CCN(CC(=O)NCc1ccc(F)cc1)C(=O)c1ccco1. The summed E-state index contributed by atoms with van der Waals surface area (Å²) in [7, 11) is 0. The molecule has 6 heteroatoms. The number of nitrogens with one attached hydrogen (secondary N) is 1. The second-order valence-corrected chi connectivity index (χ2v) is 6.29. The molecular weight excluding hydrogens is 323 g/mol. The Morgan fingerprint density at radius 1 is 1.20 bits per heavy atom. The van der Waals surface area contributed by atoms with E-state index in [0.717, 1.165) is 12.0 Å². The maximum absolute atomic E-state index is 12.9. The number of rotatable bonds is 8. The number of benzene rings is 1. The molecule has 1 heterocycles. The van der Waals surface area contributed by atoms with Gasteiger partial charge in [-0.3, -0.25) is 9.59 Å². The van der Waals surface area contributed by atoms with E-state index in [1.54, 1.807) is 24.3 Å². The molecule has 0 atom stereocenters. The van der Waals surface area contributed by atoms with E-state index in [9.17, 15) is 14.0 Å². The van der Waals surface area contributed by atoms with Crippen molar-refractivity contribution in [1.82, 2.24) is 10.2 Å². The zero-order valence-electron chi connectivity index (χ0n) is 14.5. The van der Waals surface area contributed by atoms with Gasteiger partial charge in [0.2, 0.25) is 5.91 Å². The Kier molecular flexibility index (Phi) is 6.74. The fourth-order valence-corrected chi connectivity index (χ4v) is 2.25. The zero-order valence-corrected chi connectivity index (χ0v) is 14.5. The van der Waals surface area contributed by atoms with Crippen LogP contribution in [0.15, 0.2) is 47.1 Å². The van der Waals surface area contributed by atoms with Gasteiger partial charge in [0.15, 0.2) is 5.76 Å². The van der Waals surface area contributed by atoms with Crippen molar-refractivity contribution in [1.29, 1.82) is 0 Å². The Morgan fingerprint density at radius 2 is 1.92 bits per heavy atom. The Balaban J connectivity index is 1.93. The average Bonchev–Trinajstić information content (AvgIpc) is 3.12. The van der Waals surface area contributed by atoms with E-state index in [1.165, 1.54) is 23.3 Å². The number of furan rings is 1. The van der Waals surface area contributed by atoms with Gasteiger partial charge in [-0.1, -0.05) is 26.0 Å². The highest BCUT2D eigenvalue weighted by atomic mass is 19.1. The molecule has 1 aromatic carbocycles. The summed E-state index contributed by atoms with van der Waals surface area (Å²) >= 11 is 0. The number of carbonyl (C=O) groups excluding carboxylic acids is 2. The monoisotopic (exact) mass is 346 g/mol. The Morgan fingerprint density at radius 3 is 2.52 bits per heavy atom. The normalized spacial score (nSPS) is 10.7. The summed E-state index contributed by atoms with van der Waals surface area (Å²) in [5, 5.41) is 2.75. The first-order chi connectivity index (χ1) is 12.0. The van der Waals surface area contributed by atoms with Gasteiger partial charge in [0.1, 0.15) is 5.82 Å². The number of nitrogens with zero attached hydrogens (tertiary/aromatic N) is 1. The minimum atomic E-state index is -0.320. The molecular formula is C19H23FN2O3. The summed E-state index contributed by atoms with van der Waals surface area (Å²) < 4.78 is 18.0. The lowest BCUT2D eigenvalue weighted by Gasteiger charge is -2.22. The fraction of sp³-hybridized carbons (Fsp3) is 0.368. The van der Waals surface area contributed by atoms with Crippen LogP contribution in [0.25, 0.3) is 0 Å². The van der Waals surface area contributed by atoms with Gasteiger partial charge in [-0.25, -0.2) is 4.39 Å². The lowest BCUT2D eigenvalue weighted by atomic mass is 10.1. The molecule has 25 heavy (non-hydrogen) atoms. The standard InChI is InChI=1S/C19H23FN2O3/c1-14(2)9-10-22(19(24)17-4-3-11-25-17)13-18(23)21-12-15-5-7-16(20)8-6-15/h3-8,11,14H,9-10,12-13H2,1-2H3,(H,21,23). The molecule has 0 aliphatic carbocycles. The maximum atomic E-state index is 12.9. The van der Waals surface area contributed by atoms with Crippen molar-refractivity contribution >= 4 is 11.8 Å². The first-order valence-electron chi connectivity index (χ1n) is 8.29. The van der Waals surface area contributed by atoms with Crippen LogP contribution in [-0.2, 0) is 11.3 Å². The molecule has 0 saturated heterocycles. The van der Waals surface area contributed by atoms with Gasteiger partial charge in [-0.15, -0.1) is 0 Å². The lowest BCUT2D eigenvalue weighted by molar-refractivity contribution is -0.122. The summed E-state index contributed by atoms with van der Waals surface area (Å²) in [6.45, 7) is 4.83. The maximum Gasteiger partial charge on any atom is 0.290 e. The lowest BCUT2D eigenvalue weighted by Crippen LogP contribution is -2.41. The van der Waals surface area contributed by atoms with Crippen LogP contribution in [0.1, 0.15) is 36.4 Å². The Labute approximate surface area is 146 Å².